The van der Waals surface area contributed by atoms with Crippen LogP contribution in [0.5, 0.6) is 0 Å². The molecule has 0 aliphatic rings. The largest absolute Gasteiger partial charge is 0.399 e. The van der Waals surface area contributed by atoms with Gasteiger partial charge in [-0.2, -0.15) is 0 Å². The van der Waals surface area contributed by atoms with Gasteiger partial charge < -0.3 is 10.7 Å². The van der Waals surface area contributed by atoms with E-state index in [2.05, 4.69) is 4.98 Å². The fourth-order valence-electron chi connectivity index (χ4n) is 1.93. The summed E-state index contributed by atoms with van der Waals surface area (Å²) in [6, 6.07) is 7.76. The van der Waals surface area contributed by atoms with Crippen molar-refractivity contribution in [2.24, 2.45) is 0 Å². The van der Waals surface area contributed by atoms with E-state index in [9.17, 15) is 4.79 Å². The minimum atomic E-state index is -0.0381. The Bertz CT molecular complexity index is 581. The van der Waals surface area contributed by atoms with Gasteiger partial charge in [-0.15, -0.1) is 0 Å². The molecule has 0 spiro atoms. The van der Waals surface area contributed by atoms with Crippen molar-refractivity contribution in [2.75, 3.05) is 5.73 Å². The number of imidazole rings is 1. The first-order chi connectivity index (χ1) is 8.08. The van der Waals surface area contributed by atoms with E-state index in [1.54, 1.807) is 4.57 Å². The molecule has 3 N–H and O–H groups in total. The highest BCUT2D eigenvalue weighted by Crippen LogP contribution is 2.09. The highest BCUT2D eigenvalue weighted by molar-refractivity contribution is 5.40. The van der Waals surface area contributed by atoms with Gasteiger partial charge >= 0.3 is 5.69 Å². The van der Waals surface area contributed by atoms with Crippen molar-refractivity contribution in [2.45, 2.75) is 26.8 Å². The quantitative estimate of drug-likeness (QED) is 0.788. The number of nitrogens with zero attached hydrogens (tertiary/aromatic N) is 1. The van der Waals surface area contributed by atoms with Crippen molar-refractivity contribution in [1.29, 1.82) is 0 Å². The number of nitrogens with one attached hydrogen (secondary N) is 1. The van der Waals surface area contributed by atoms with Gasteiger partial charge in [-0.25, -0.2) is 4.79 Å². The number of rotatable bonds is 3. The van der Waals surface area contributed by atoms with Crippen LogP contribution in [0, 0.1) is 13.8 Å². The van der Waals surface area contributed by atoms with E-state index in [1.807, 2.05) is 38.1 Å². The Morgan fingerprint density at radius 2 is 2.12 bits per heavy atom. The lowest BCUT2D eigenvalue weighted by Crippen LogP contribution is -2.19. The maximum atomic E-state index is 11.6. The number of H-pyrrole nitrogens is 1. The molecule has 90 valence electrons. The van der Waals surface area contributed by atoms with Crippen molar-refractivity contribution in [1.82, 2.24) is 9.55 Å². The second-order valence-corrected chi connectivity index (χ2v) is 4.29. The minimum absolute atomic E-state index is 0.0381. The van der Waals surface area contributed by atoms with E-state index in [0.717, 1.165) is 29.1 Å². The summed E-state index contributed by atoms with van der Waals surface area (Å²) in [7, 11) is 0. The molecule has 0 fully saturated rings. The average Bonchev–Trinajstić information content (AvgIpc) is 2.51. The molecule has 0 atom stereocenters. The van der Waals surface area contributed by atoms with Crippen LogP contribution < -0.4 is 11.4 Å². The van der Waals surface area contributed by atoms with Gasteiger partial charge in [-0.3, -0.25) is 4.57 Å². The van der Waals surface area contributed by atoms with Crippen LogP contribution in [0.25, 0.3) is 0 Å². The number of anilines is 1. The first-order valence-electron chi connectivity index (χ1n) is 5.68. The van der Waals surface area contributed by atoms with Crippen LogP contribution in [0.4, 0.5) is 5.69 Å². The normalized spacial score (nSPS) is 10.7. The number of aryl methyl sites for hydroxylation is 2. The van der Waals surface area contributed by atoms with Crippen molar-refractivity contribution in [3.63, 3.8) is 0 Å². The van der Waals surface area contributed by atoms with Gasteiger partial charge in [0.2, 0.25) is 0 Å². The van der Waals surface area contributed by atoms with Crippen LogP contribution in [0.15, 0.2) is 29.1 Å². The number of hydrogen-bond donors (Lipinski definition) is 2. The summed E-state index contributed by atoms with van der Waals surface area (Å²) < 4.78 is 1.76. The van der Waals surface area contributed by atoms with Gasteiger partial charge in [0.25, 0.3) is 0 Å². The van der Waals surface area contributed by atoms with Crippen molar-refractivity contribution < 1.29 is 0 Å². The van der Waals surface area contributed by atoms with Gasteiger partial charge in [-0.1, -0.05) is 12.1 Å². The molecular weight excluding hydrogens is 214 g/mol. The van der Waals surface area contributed by atoms with Crippen LogP contribution in [-0.4, -0.2) is 9.55 Å². The maximum Gasteiger partial charge on any atom is 0.325 e. The summed E-state index contributed by atoms with van der Waals surface area (Å²) in [6.07, 6.45) is 0.809. The summed E-state index contributed by atoms with van der Waals surface area (Å²) in [5.74, 6) is 0. The second-order valence-electron chi connectivity index (χ2n) is 4.29. The highest BCUT2D eigenvalue weighted by Gasteiger charge is 2.06. The predicted molar refractivity (Wildman–Crippen MR) is 69.1 cm³/mol. The van der Waals surface area contributed by atoms with E-state index in [1.165, 1.54) is 0 Å². The van der Waals surface area contributed by atoms with Crippen LogP contribution >= 0.6 is 0 Å². The van der Waals surface area contributed by atoms with Crippen LogP contribution in [0.3, 0.4) is 0 Å². The lowest BCUT2D eigenvalue weighted by Gasteiger charge is -2.05. The molecule has 0 saturated heterocycles. The minimum Gasteiger partial charge on any atom is -0.399 e. The Kier molecular flexibility index (Phi) is 3.04. The van der Waals surface area contributed by atoms with Crippen LogP contribution in [-0.2, 0) is 13.0 Å². The summed E-state index contributed by atoms with van der Waals surface area (Å²) in [6.45, 7) is 4.54. The standard InChI is InChI=1S/C13H17N3O/c1-9-10(2)16(13(17)15-9)7-6-11-4-3-5-12(14)8-11/h3-5,8H,6-7,14H2,1-2H3,(H,15,17). The summed E-state index contributed by atoms with van der Waals surface area (Å²) in [5.41, 5.74) is 9.52. The monoisotopic (exact) mass is 231 g/mol. The van der Waals surface area contributed by atoms with Gasteiger partial charge in [0.1, 0.15) is 0 Å². The zero-order valence-electron chi connectivity index (χ0n) is 10.2. The molecule has 0 saturated carbocycles. The molecule has 1 aromatic carbocycles. The fourth-order valence-corrected chi connectivity index (χ4v) is 1.93. The van der Waals surface area contributed by atoms with Crippen molar-refractivity contribution >= 4 is 5.69 Å². The van der Waals surface area contributed by atoms with Crippen molar-refractivity contribution in [3.8, 4) is 0 Å². The average molecular weight is 231 g/mol. The molecule has 2 rings (SSSR count). The lowest BCUT2D eigenvalue weighted by molar-refractivity contribution is 0.654. The number of benzene rings is 1. The Labute approximate surface area is 100 Å². The van der Waals surface area contributed by atoms with Gasteiger partial charge in [-0.05, 0) is 38.0 Å². The molecule has 17 heavy (non-hydrogen) atoms. The Balaban J connectivity index is 2.15. The SMILES string of the molecule is Cc1[nH]c(=O)n(CCc2cccc(N)c2)c1C. The van der Waals surface area contributed by atoms with Gasteiger partial charge in [0.15, 0.2) is 0 Å². The molecule has 1 aromatic heterocycles. The van der Waals surface area contributed by atoms with E-state index in [0.29, 0.717) is 6.54 Å². The maximum absolute atomic E-state index is 11.6. The first kappa shape index (κ1) is 11.5. The van der Waals surface area contributed by atoms with E-state index in [-0.39, 0.29) is 5.69 Å². The third-order valence-electron chi connectivity index (χ3n) is 3.06. The number of aromatic amines is 1. The van der Waals surface area contributed by atoms with E-state index < -0.39 is 0 Å². The number of hydrogen-bond acceptors (Lipinski definition) is 2. The lowest BCUT2D eigenvalue weighted by atomic mass is 10.1. The second kappa shape index (κ2) is 4.49. The van der Waals surface area contributed by atoms with Crippen molar-refractivity contribution in [3.05, 3.63) is 51.7 Å². The summed E-state index contributed by atoms with van der Waals surface area (Å²) in [5, 5.41) is 0. The molecule has 0 radical (unpaired) electrons. The molecular formula is C13H17N3O. The van der Waals surface area contributed by atoms with Crippen LogP contribution in [0.2, 0.25) is 0 Å². The Morgan fingerprint density at radius 1 is 1.35 bits per heavy atom. The van der Waals surface area contributed by atoms with E-state index >= 15 is 0 Å². The number of aromatic nitrogens is 2. The van der Waals surface area contributed by atoms with Gasteiger partial charge in [0, 0.05) is 23.6 Å². The fraction of sp³-hybridized carbons (Fsp3) is 0.308. The molecule has 0 aliphatic heterocycles. The zero-order chi connectivity index (χ0) is 12.4. The molecule has 0 amide bonds. The Hall–Kier alpha value is -1.97. The Morgan fingerprint density at radius 3 is 2.71 bits per heavy atom. The predicted octanol–water partition coefficient (Wildman–Crippen LogP) is 1.62. The van der Waals surface area contributed by atoms with E-state index in [4.69, 9.17) is 5.73 Å². The molecule has 0 aliphatic carbocycles. The molecule has 2 aromatic rings. The molecule has 4 heteroatoms. The third kappa shape index (κ3) is 2.41. The zero-order valence-corrected chi connectivity index (χ0v) is 10.2. The molecule has 1 heterocycles. The molecule has 4 nitrogen and oxygen atoms in total. The highest BCUT2D eigenvalue weighted by atomic mass is 16.1. The number of nitrogens with two attached hydrogens (primary N) is 1. The summed E-state index contributed by atoms with van der Waals surface area (Å²) >= 11 is 0. The van der Waals surface area contributed by atoms with Crippen LogP contribution in [0.1, 0.15) is 17.0 Å². The molecule has 0 bridgehead atoms. The topological polar surface area (TPSA) is 63.8 Å². The third-order valence-corrected chi connectivity index (χ3v) is 3.06. The molecule has 0 unspecified atom stereocenters. The number of nitrogen functional groups attached to an aromatic ring is 1. The smallest absolute Gasteiger partial charge is 0.325 e. The van der Waals surface area contributed by atoms with Gasteiger partial charge in [0.05, 0.1) is 0 Å². The first-order valence-corrected chi connectivity index (χ1v) is 5.68. The summed E-state index contributed by atoms with van der Waals surface area (Å²) in [4.78, 5) is 14.4.